The third kappa shape index (κ3) is 3.67. The number of amides is 1. The first-order valence-electron chi connectivity index (χ1n) is 7.76. The summed E-state index contributed by atoms with van der Waals surface area (Å²) in [7, 11) is 1.31. The lowest BCUT2D eigenvalue weighted by molar-refractivity contribution is -0.139. The third-order valence-corrected chi connectivity index (χ3v) is 3.92. The van der Waals surface area contributed by atoms with Crippen LogP contribution in [0.25, 0.3) is 10.8 Å². The molecule has 5 heteroatoms. The van der Waals surface area contributed by atoms with Gasteiger partial charge in [0.1, 0.15) is 0 Å². The van der Waals surface area contributed by atoms with E-state index in [4.69, 9.17) is 0 Å². The predicted octanol–water partition coefficient (Wildman–Crippen LogP) is 3.59. The normalized spacial score (nSPS) is 10.5. The number of benzene rings is 3. The van der Waals surface area contributed by atoms with Crippen LogP contribution in [0.4, 0.5) is 5.69 Å². The molecule has 3 aromatic rings. The van der Waals surface area contributed by atoms with E-state index < -0.39 is 5.91 Å². The number of hydroxylamine groups is 1. The highest BCUT2D eigenvalue weighted by atomic mass is 16.5. The fourth-order valence-corrected chi connectivity index (χ4v) is 2.60. The van der Waals surface area contributed by atoms with Crippen LogP contribution in [-0.4, -0.2) is 24.2 Å². The zero-order valence-corrected chi connectivity index (χ0v) is 13.7. The van der Waals surface area contributed by atoms with Crippen molar-refractivity contribution in [1.82, 2.24) is 0 Å². The molecule has 0 saturated carbocycles. The van der Waals surface area contributed by atoms with Crippen molar-refractivity contribution in [3.05, 3.63) is 77.9 Å². The van der Waals surface area contributed by atoms with Gasteiger partial charge in [-0.05, 0) is 40.6 Å². The Hall–Kier alpha value is -3.18. The first-order valence-corrected chi connectivity index (χ1v) is 7.76. The van der Waals surface area contributed by atoms with Crippen LogP contribution < -0.4 is 5.06 Å². The molecule has 5 nitrogen and oxygen atoms in total. The maximum Gasteiger partial charge on any atom is 0.309 e. The number of nitrogens with zero attached hydrogens (tertiary/aromatic N) is 1. The van der Waals surface area contributed by atoms with Crippen molar-refractivity contribution in [2.75, 3.05) is 12.2 Å². The Labute approximate surface area is 145 Å². The molecule has 0 unspecified atom stereocenters. The van der Waals surface area contributed by atoms with Gasteiger partial charge in [-0.2, -0.15) is 5.06 Å². The van der Waals surface area contributed by atoms with Gasteiger partial charge in [-0.1, -0.05) is 42.5 Å². The Balaban J connectivity index is 1.86. The van der Waals surface area contributed by atoms with E-state index in [-0.39, 0.29) is 18.0 Å². The maximum absolute atomic E-state index is 12.5. The molecular weight excluding hydrogens is 318 g/mol. The highest BCUT2D eigenvalue weighted by Crippen LogP contribution is 2.22. The van der Waals surface area contributed by atoms with Gasteiger partial charge in [-0.15, -0.1) is 0 Å². The SMILES string of the molecule is COC(=O)Cc1cccc(C(=O)N(O)c2ccc3ccccc3c2)c1. The molecule has 1 N–H and O–H groups in total. The first-order chi connectivity index (χ1) is 12.1. The quantitative estimate of drug-likeness (QED) is 0.449. The largest absolute Gasteiger partial charge is 0.469 e. The van der Waals surface area contributed by atoms with E-state index in [2.05, 4.69) is 4.74 Å². The number of esters is 1. The molecule has 0 fully saturated rings. The van der Waals surface area contributed by atoms with Gasteiger partial charge in [0.05, 0.1) is 19.2 Å². The van der Waals surface area contributed by atoms with Gasteiger partial charge in [-0.25, -0.2) is 0 Å². The van der Waals surface area contributed by atoms with Gasteiger partial charge < -0.3 is 4.74 Å². The molecule has 126 valence electrons. The van der Waals surface area contributed by atoms with E-state index in [0.717, 1.165) is 10.8 Å². The number of fused-ring (bicyclic) bond motifs is 1. The van der Waals surface area contributed by atoms with Crippen LogP contribution in [0.2, 0.25) is 0 Å². The minimum Gasteiger partial charge on any atom is -0.469 e. The second-order valence-electron chi connectivity index (χ2n) is 5.60. The molecule has 0 aliphatic carbocycles. The van der Waals surface area contributed by atoms with Crippen LogP contribution in [0.5, 0.6) is 0 Å². The molecule has 0 bridgehead atoms. The van der Waals surface area contributed by atoms with Gasteiger partial charge >= 0.3 is 5.97 Å². The number of hydrogen-bond donors (Lipinski definition) is 1. The van der Waals surface area contributed by atoms with Gasteiger partial charge in [0.2, 0.25) is 0 Å². The Kier molecular flexibility index (Phi) is 4.77. The number of carbonyl (C=O) groups excluding carboxylic acids is 2. The van der Waals surface area contributed by atoms with Crippen LogP contribution >= 0.6 is 0 Å². The lowest BCUT2D eigenvalue weighted by Gasteiger charge is -2.16. The molecule has 0 atom stereocenters. The average molecular weight is 335 g/mol. The van der Waals surface area contributed by atoms with Crippen LogP contribution in [0, 0.1) is 0 Å². The maximum atomic E-state index is 12.5. The predicted molar refractivity (Wildman–Crippen MR) is 94.7 cm³/mol. The zero-order chi connectivity index (χ0) is 17.8. The summed E-state index contributed by atoms with van der Waals surface area (Å²) in [5, 5.41) is 12.9. The summed E-state index contributed by atoms with van der Waals surface area (Å²) in [4.78, 5) is 23.9. The third-order valence-electron chi connectivity index (χ3n) is 3.92. The number of anilines is 1. The molecule has 0 aromatic heterocycles. The van der Waals surface area contributed by atoms with Crippen LogP contribution in [-0.2, 0) is 16.0 Å². The summed E-state index contributed by atoms with van der Waals surface area (Å²) in [6.45, 7) is 0. The van der Waals surface area contributed by atoms with Crippen molar-refractivity contribution in [1.29, 1.82) is 0 Å². The molecule has 3 aromatic carbocycles. The Morgan fingerprint density at radius 3 is 2.48 bits per heavy atom. The van der Waals surface area contributed by atoms with Gasteiger partial charge in [0, 0.05) is 5.56 Å². The Morgan fingerprint density at radius 1 is 0.960 bits per heavy atom. The summed E-state index contributed by atoms with van der Waals surface area (Å²) in [5.41, 5.74) is 1.31. The lowest BCUT2D eigenvalue weighted by Crippen LogP contribution is -2.27. The van der Waals surface area contributed by atoms with Gasteiger partial charge in [0.15, 0.2) is 0 Å². The molecule has 0 spiro atoms. The molecule has 0 heterocycles. The second-order valence-corrected chi connectivity index (χ2v) is 5.60. The molecule has 3 rings (SSSR count). The number of carbonyl (C=O) groups is 2. The summed E-state index contributed by atoms with van der Waals surface area (Å²) >= 11 is 0. The van der Waals surface area contributed by atoms with Crippen LogP contribution in [0.1, 0.15) is 15.9 Å². The average Bonchev–Trinajstić information content (AvgIpc) is 2.66. The van der Waals surface area contributed by atoms with E-state index in [1.807, 2.05) is 30.3 Å². The first kappa shape index (κ1) is 16.7. The van der Waals surface area contributed by atoms with E-state index in [1.54, 1.807) is 36.4 Å². The van der Waals surface area contributed by atoms with E-state index in [0.29, 0.717) is 16.3 Å². The fourth-order valence-electron chi connectivity index (χ4n) is 2.60. The smallest absolute Gasteiger partial charge is 0.309 e. The highest BCUT2D eigenvalue weighted by Gasteiger charge is 2.17. The Bertz CT molecular complexity index is 936. The molecule has 25 heavy (non-hydrogen) atoms. The van der Waals surface area contributed by atoms with E-state index >= 15 is 0 Å². The van der Waals surface area contributed by atoms with Crippen molar-refractivity contribution < 1.29 is 19.5 Å². The minimum absolute atomic E-state index is 0.0685. The lowest BCUT2D eigenvalue weighted by atomic mass is 10.1. The van der Waals surface area contributed by atoms with E-state index in [1.165, 1.54) is 7.11 Å². The van der Waals surface area contributed by atoms with Crippen molar-refractivity contribution in [3.8, 4) is 0 Å². The van der Waals surface area contributed by atoms with Crippen molar-refractivity contribution in [2.45, 2.75) is 6.42 Å². The summed E-state index contributed by atoms with van der Waals surface area (Å²) in [6.07, 6.45) is 0.0685. The molecule has 0 aliphatic heterocycles. The number of hydrogen-bond acceptors (Lipinski definition) is 4. The summed E-state index contributed by atoms with van der Waals surface area (Å²) in [5.74, 6) is -0.957. The van der Waals surface area contributed by atoms with Gasteiger partial charge in [0.25, 0.3) is 5.91 Å². The van der Waals surface area contributed by atoms with Crippen molar-refractivity contribution >= 4 is 28.3 Å². The second kappa shape index (κ2) is 7.15. The number of ether oxygens (including phenoxy) is 1. The monoisotopic (exact) mass is 335 g/mol. The highest BCUT2D eigenvalue weighted by molar-refractivity contribution is 6.05. The van der Waals surface area contributed by atoms with E-state index in [9.17, 15) is 14.8 Å². The Morgan fingerprint density at radius 2 is 1.72 bits per heavy atom. The summed E-state index contributed by atoms with van der Waals surface area (Å²) < 4.78 is 4.63. The molecular formula is C20H17NO4. The fraction of sp³-hybridized carbons (Fsp3) is 0.100. The standard InChI is InChI=1S/C20H17NO4/c1-25-19(22)12-14-5-4-8-17(11-14)20(23)21(24)18-10-9-15-6-2-3-7-16(15)13-18/h2-11,13,24H,12H2,1H3. The molecule has 1 amide bonds. The van der Waals surface area contributed by atoms with Crippen LogP contribution in [0.3, 0.4) is 0 Å². The van der Waals surface area contributed by atoms with Crippen LogP contribution in [0.15, 0.2) is 66.7 Å². The zero-order valence-electron chi connectivity index (χ0n) is 13.7. The topological polar surface area (TPSA) is 66.8 Å². The molecule has 0 aliphatic rings. The molecule has 0 saturated heterocycles. The van der Waals surface area contributed by atoms with Crippen molar-refractivity contribution in [2.24, 2.45) is 0 Å². The summed E-state index contributed by atoms with van der Waals surface area (Å²) in [6, 6.07) is 19.5. The minimum atomic E-state index is -0.568. The number of rotatable bonds is 4. The number of methoxy groups -OCH3 is 1. The van der Waals surface area contributed by atoms with Crippen molar-refractivity contribution in [3.63, 3.8) is 0 Å². The molecule has 0 radical (unpaired) electrons. The van der Waals surface area contributed by atoms with Gasteiger partial charge in [-0.3, -0.25) is 14.8 Å².